The minimum Gasteiger partial charge on any atom is -0.429 e. The van der Waals surface area contributed by atoms with Gasteiger partial charge in [-0.1, -0.05) is 30.0 Å². The third kappa shape index (κ3) is 1.19. The van der Waals surface area contributed by atoms with Crippen LogP contribution in [-0.2, 0) is 0 Å². The van der Waals surface area contributed by atoms with Gasteiger partial charge in [0.25, 0.3) is 4.84 Å². The normalized spacial score (nSPS) is 12.7. The van der Waals surface area contributed by atoms with Gasteiger partial charge in [0.15, 0.2) is 5.58 Å². The Hall–Kier alpha value is -1.52. The van der Waals surface area contributed by atoms with E-state index in [1.54, 1.807) is 11.8 Å². The summed E-state index contributed by atoms with van der Waals surface area (Å²) in [6.45, 7) is 0. The molecule has 2 aromatic carbocycles. The summed E-state index contributed by atoms with van der Waals surface area (Å²) < 4.78 is 7.65. The van der Waals surface area contributed by atoms with Crippen LogP contribution in [0.4, 0.5) is 0 Å². The van der Waals surface area contributed by atoms with Gasteiger partial charge in [-0.25, -0.2) is 0 Å². The smallest absolute Gasteiger partial charge is 0.274 e. The van der Waals surface area contributed by atoms with E-state index in [0.717, 1.165) is 16.8 Å². The average Bonchev–Trinajstić information content (AvgIpc) is 2.69. The molecule has 0 N–H and O–H groups in total. The van der Waals surface area contributed by atoms with Gasteiger partial charge in [-0.05, 0) is 36.5 Å². The number of aromatic nitrogens is 1. The van der Waals surface area contributed by atoms with E-state index in [9.17, 15) is 0 Å². The predicted octanol–water partition coefficient (Wildman–Crippen LogP) is 4.42. The lowest BCUT2D eigenvalue weighted by Crippen LogP contribution is -2.00. The number of rotatable bonds is 0. The minimum absolute atomic E-state index is 0.514. The average molecular weight is 257 g/mol. The standard InChI is InChI=1S/C13H7NOS2/c16-13-14-8-4-1-2-6-10(8)17-11-7-3-5-9(15-13)12(11)14/h1-7H. The number of benzene rings is 2. The summed E-state index contributed by atoms with van der Waals surface area (Å²) in [6, 6.07) is 14.3. The summed E-state index contributed by atoms with van der Waals surface area (Å²) in [7, 11) is 0. The highest BCUT2D eigenvalue weighted by atomic mass is 32.2. The Balaban J connectivity index is 2.28. The molecule has 0 bridgehead atoms. The first-order valence-electron chi connectivity index (χ1n) is 5.26. The van der Waals surface area contributed by atoms with Crippen LogP contribution in [0.2, 0.25) is 0 Å². The second kappa shape index (κ2) is 3.24. The van der Waals surface area contributed by atoms with Gasteiger partial charge < -0.3 is 4.42 Å². The molecule has 4 rings (SSSR count). The molecule has 3 aromatic rings. The molecule has 0 atom stereocenters. The lowest BCUT2D eigenvalue weighted by molar-refractivity contribution is 0.569. The van der Waals surface area contributed by atoms with E-state index >= 15 is 0 Å². The summed E-state index contributed by atoms with van der Waals surface area (Å²) in [5, 5.41) is 0. The van der Waals surface area contributed by atoms with Crippen molar-refractivity contribution in [2.45, 2.75) is 9.79 Å². The number of oxazole rings is 1. The van der Waals surface area contributed by atoms with Gasteiger partial charge >= 0.3 is 0 Å². The number of fused-ring (bicyclic) bond motifs is 2. The van der Waals surface area contributed by atoms with Gasteiger partial charge in [0.05, 0.1) is 5.69 Å². The van der Waals surface area contributed by atoms with Crippen molar-refractivity contribution in [3.8, 4) is 5.69 Å². The van der Waals surface area contributed by atoms with Crippen molar-refractivity contribution in [1.82, 2.24) is 4.57 Å². The molecular formula is C13H7NOS2. The molecule has 0 aliphatic carbocycles. The maximum atomic E-state index is 5.63. The van der Waals surface area contributed by atoms with Gasteiger partial charge in [-0.3, -0.25) is 4.57 Å². The molecule has 1 aromatic heterocycles. The monoisotopic (exact) mass is 257 g/mol. The van der Waals surface area contributed by atoms with Crippen LogP contribution in [0.15, 0.2) is 56.7 Å². The number of nitrogens with zero attached hydrogens (tertiary/aromatic N) is 1. The summed E-state index contributed by atoms with van der Waals surface area (Å²) in [5.41, 5.74) is 3.05. The van der Waals surface area contributed by atoms with E-state index in [-0.39, 0.29) is 0 Å². The third-order valence-corrected chi connectivity index (χ3v) is 4.27. The molecule has 0 saturated carbocycles. The maximum absolute atomic E-state index is 5.63. The molecule has 0 saturated heterocycles. The molecule has 4 heteroatoms. The Morgan fingerprint density at radius 1 is 1.00 bits per heavy atom. The molecule has 1 aliphatic rings. The van der Waals surface area contributed by atoms with Crippen molar-refractivity contribution in [2.24, 2.45) is 0 Å². The first-order chi connectivity index (χ1) is 8.34. The lowest BCUT2D eigenvalue weighted by Gasteiger charge is -2.16. The van der Waals surface area contributed by atoms with Crippen LogP contribution < -0.4 is 0 Å². The van der Waals surface area contributed by atoms with Crippen LogP contribution in [0.5, 0.6) is 0 Å². The van der Waals surface area contributed by atoms with Crippen molar-refractivity contribution >= 4 is 35.1 Å². The van der Waals surface area contributed by atoms with Crippen LogP contribution in [0.3, 0.4) is 0 Å². The summed E-state index contributed by atoms with van der Waals surface area (Å²) in [4.78, 5) is 2.92. The fourth-order valence-electron chi connectivity index (χ4n) is 2.18. The van der Waals surface area contributed by atoms with Gasteiger partial charge in [0.2, 0.25) is 0 Å². The van der Waals surface area contributed by atoms with E-state index in [4.69, 9.17) is 16.6 Å². The fourth-order valence-corrected chi connectivity index (χ4v) is 3.55. The van der Waals surface area contributed by atoms with E-state index < -0.39 is 0 Å². The van der Waals surface area contributed by atoms with Gasteiger partial charge in [0, 0.05) is 9.79 Å². The van der Waals surface area contributed by atoms with E-state index in [0.29, 0.717) is 4.84 Å². The molecular weight excluding hydrogens is 250 g/mol. The lowest BCUT2D eigenvalue weighted by atomic mass is 10.2. The van der Waals surface area contributed by atoms with Gasteiger partial charge in [0.1, 0.15) is 5.52 Å². The minimum atomic E-state index is 0.514. The molecule has 2 heterocycles. The third-order valence-electron chi connectivity index (χ3n) is 2.89. The Labute approximate surface area is 107 Å². The molecule has 0 radical (unpaired) electrons. The molecule has 0 spiro atoms. The molecule has 1 aliphatic heterocycles. The molecule has 0 unspecified atom stereocenters. The molecule has 0 fully saturated rings. The van der Waals surface area contributed by atoms with E-state index in [1.165, 1.54) is 9.79 Å². The molecule has 2 nitrogen and oxygen atoms in total. The second-order valence-electron chi connectivity index (χ2n) is 3.88. The fraction of sp³-hybridized carbons (Fsp3) is 0. The van der Waals surface area contributed by atoms with Crippen LogP contribution >= 0.6 is 24.0 Å². The maximum Gasteiger partial charge on any atom is 0.274 e. The highest BCUT2D eigenvalue weighted by Crippen LogP contribution is 2.43. The zero-order chi connectivity index (χ0) is 11.4. The van der Waals surface area contributed by atoms with Crippen molar-refractivity contribution in [1.29, 1.82) is 0 Å². The van der Waals surface area contributed by atoms with Crippen molar-refractivity contribution in [2.75, 3.05) is 0 Å². The molecule has 17 heavy (non-hydrogen) atoms. The molecule has 82 valence electrons. The van der Waals surface area contributed by atoms with Crippen LogP contribution in [0, 0.1) is 4.84 Å². The molecule has 0 amide bonds. The largest absolute Gasteiger partial charge is 0.429 e. The van der Waals surface area contributed by atoms with Gasteiger partial charge in [-0.15, -0.1) is 0 Å². The predicted molar refractivity (Wildman–Crippen MR) is 70.5 cm³/mol. The summed E-state index contributed by atoms with van der Waals surface area (Å²) in [5.74, 6) is 0. The number of para-hydroxylation sites is 2. The first kappa shape index (κ1) is 9.50. The van der Waals surface area contributed by atoms with Crippen molar-refractivity contribution in [3.05, 3.63) is 47.3 Å². The Morgan fingerprint density at radius 2 is 1.82 bits per heavy atom. The summed E-state index contributed by atoms with van der Waals surface area (Å²) in [6.07, 6.45) is 0. The van der Waals surface area contributed by atoms with E-state index in [1.807, 2.05) is 28.8 Å². The SMILES string of the molecule is S=c1oc2cccc3c2n1-c1ccccc1S3. The van der Waals surface area contributed by atoms with Crippen molar-refractivity contribution < 1.29 is 4.42 Å². The Kier molecular flexibility index (Phi) is 1.81. The topological polar surface area (TPSA) is 18.1 Å². The van der Waals surface area contributed by atoms with Crippen LogP contribution in [0.1, 0.15) is 0 Å². The van der Waals surface area contributed by atoms with Crippen LogP contribution in [0.25, 0.3) is 16.8 Å². The van der Waals surface area contributed by atoms with Crippen LogP contribution in [-0.4, -0.2) is 4.57 Å². The first-order valence-corrected chi connectivity index (χ1v) is 6.49. The Morgan fingerprint density at radius 3 is 2.76 bits per heavy atom. The van der Waals surface area contributed by atoms with Gasteiger partial charge in [-0.2, -0.15) is 0 Å². The van der Waals surface area contributed by atoms with Crippen molar-refractivity contribution in [3.63, 3.8) is 0 Å². The highest BCUT2D eigenvalue weighted by Gasteiger charge is 2.20. The zero-order valence-electron chi connectivity index (χ0n) is 8.71. The quantitative estimate of drug-likeness (QED) is 0.434. The summed E-state index contributed by atoms with van der Waals surface area (Å²) >= 11 is 7.07. The number of hydrogen-bond acceptors (Lipinski definition) is 3. The highest BCUT2D eigenvalue weighted by molar-refractivity contribution is 7.99. The Bertz CT molecular complexity index is 801. The number of hydrogen-bond donors (Lipinski definition) is 0. The second-order valence-corrected chi connectivity index (χ2v) is 5.31. The zero-order valence-corrected chi connectivity index (χ0v) is 10.3. The van der Waals surface area contributed by atoms with E-state index in [2.05, 4.69) is 18.2 Å².